The van der Waals surface area contributed by atoms with Gasteiger partial charge in [-0.05, 0) is 81.0 Å². The Morgan fingerprint density at radius 3 is 2.57 bits per heavy atom. The van der Waals surface area contributed by atoms with Crippen LogP contribution in [0.3, 0.4) is 0 Å². The number of fused-ring (bicyclic) bond motifs is 2. The van der Waals surface area contributed by atoms with E-state index in [1.54, 1.807) is 0 Å². The summed E-state index contributed by atoms with van der Waals surface area (Å²) in [5.41, 5.74) is 10.9. The molecule has 2 aliphatic carbocycles. The van der Waals surface area contributed by atoms with E-state index in [9.17, 15) is 10.2 Å². The molecule has 1 aromatic carbocycles. The van der Waals surface area contributed by atoms with Gasteiger partial charge < -0.3 is 35.4 Å². The van der Waals surface area contributed by atoms with E-state index < -0.39 is 24.5 Å². The van der Waals surface area contributed by atoms with E-state index in [-0.39, 0.29) is 18.2 Å². The molecule has 0 aromatic heterocycles. The van der Waals surface area contributed by atoms with E-state index in [1.165, 1.54) is 61.9 Å². The Morgan fingerprint density at radius 2 is 1.83 bits per heavy atom. The lowest BCUT2D eigenvalue weighted by molar-refractivity contribution is -0.111. The predicted molar refractivity (Wildman–Crippen MR) is 165 cm³/mol. The molecular formula is C32H53N7O3. The number of nitrogens with zero attached hydrogens (tertiary/aromatic N) is 4. The van der Waals surface area contributed by atoms with Crippen molar-refractivity contribution in [1.82, 2.24) is 20.4 Å². The van der Waals surface area contributed by atoms with E-state index >= 15 is 0 Å². The van der Waals surface area contributed by atoms with Gasteiger partial charge in [0, 0.05) is 45.8 Å². The molecule has 0 amide bonds. The van der Waals surface area contributed by atoms with Crippen LogP contribution in [0.15, 0.2) is 18.2 Å². The maximum Gasteiger partial charge on any atom is 0.141 e. The van der Waals surface area contributed by atoms with Crippen molar-refractivity contribution < 1.29 is 14.9 Å². The molecule has 0 spiro atoms. The molecule has 8 atom stereocenters. The highest BCUT2D eigenvalue weighted by molar-refractivity contribution is 5.78. The van der Waals surface area contributed by atoms with Gasteiger partial charge in [-0.25, -0.2) is 0 Å². The van der Waals surface area contributed by atoms with Crippen molar-refractivity contribution in [1.29, 1.82) is 0 Å². The molecule has 10 nitrogen and oxygen atoms in total. The highest BCUT2D eigenvalue weighted by Gasteiger charge is 2.52. The number of likely N-dealkylation sites (N-methyl/N-ethyl adjacent to an activating group) is 1. The van der Waals surface area contributed by atoms with Crippen LogP contribution in [-0.4, -0.2) is 110 Å². The standard InChI is InChI=1S/C32H53N7O3/c1-32(11-5-12-32)20-7-8-23-24(16-20)38(4)26(37(23)3)9-6-19-14-21(15-19)36(2)17-25-27(40)28(41)31(42-25)39-13-10-22-29(33)34-18-35-30(22)39/h7-8,16,19,21-22,25-31,34-35,40-41H,5-6,9-15,17-18,33H2,1-4H3/t19?,21?,22?,25-,26?,27-,28-,29?,30?,31-/m1/s1. The fraction of sp³-hybridized carbons (Fsp3) is 0.812. The van der Waals surface area contributed by atoms with Gasteiger partial charge in [0.15, 0.2) is 0 Å². The minimum absolute atomic E-state index is 0.0589. The molecule has 1 aromatic rings. The van der Waals surface area contributed by atoms with Crippen molar-refractivity contribution in [2.24, 2.45) is 17.6 Å². The second kappa shape index (κ2) is 11.1. The number of likely N-dealkylation sites (tertiary alicyclic amines) is 1. The molecule has 7 rings (SSSR count). The first-order valence-corrected chi connectivity index (χ1v) is 16.4. The molecule has 10 heteroatoms. The molecular weight excluding hydrogens is 530 g/mol. The second-order valence-corrected chi connectivity index (χ2v) is 14.6. The zero-order valence-electron chi connectivity index (χ0n) is 26.0. The van der Waals surface area contributed by atoms with Crippen LogP contribution in [0.2, 0.25) is 0 Å². The number of hydrogen-bond acceptors (Lipinski definition) is 10. The van der Waals surface area contributed by atoms with Gasteiger partial charge in [-0.3, -0.25) is 15.5 Å². The zero-order valence-corrected chi connectivity index (χ0v) is 26.0. The number of anilines is 2. The van der Waals surface area contributed by atoms with Gasteiger partial charge >= 0.3 is 0 Å². The summed E-state index contributed by atoms with van der Waals surface area (Å²) in [4.78, 5) is 9.49. The van der Waals surface area contributed by atoms with Crippen molar-refractivity contribution >= 4 is 11.4 Å². The molecule has 3 saturated heterocycles. The fourth-order valence-corrected chi connectivity index (χ4v) is 8.92. The Balaban J connectivity index is 0.883. The van der Waals surface area contributed by atoms with Crippen LogP contribution in [-0.2, 0) is 10.2 Å². The summed E-state index contributed by atoms with van der Waals surface area (Å²) in [6, 6.07) is 7.68. The van der Waals surface area contributed by atoms with Crippen LogP contribution in [0.4, 0.5) is 11.4 Å². The maximum absolute atomic E-state index is 10.9. The summed E-state index contributed by atoms with van der Waals surface area (Å²) in [5.74, 6) is 1.00. The largest absolute Gasteiger partial charge is 0.387 e. The molecule has 6 N–H and O–H groups in total. The molecule has 234 valence electrons. The van der Waals surface area contributed by atoms with Gasteiger partial charge in [-0.1, -0.05) is 19.4 Å². The van der Waals surface area contributed by atoms with Crippen molar-refractivity contribution in [3.63, 3.8) is 0 Å². The van der Waals surface area contributed by atoms with Gasteiger partial charge in [0.1, 0.15) is 30.7 Å². The highest BCUT2D eigenvalue weighted by Crippen LogP contribution is 2.48. The van der Waals surface area contributed by atoms with Crippen molar-refractivity contribution in [3.05, 3.63) is 23.8 Å². The number of aliphatic hydroxyl groups excluding tert-OH is 2. The summed E-state index contributed by atoms with van der Waals surface area (Å²) in [6.45, 7) is 4.49. The average Bonchev–Trinajstić information content (AvgIpc) is 3.56. The van der Waals surface area contributed by atoms with E-state index in [4.69, 9.17) is 10.5 Å². The SMILES string of the molecule is CN(C[C@H]1O[C@@H](N2CCC3C(N)NCNC32)[C@H](O)[C@@H]1O)C1CC(CCC2N(C)c3ccc(C4(C)CCC4)cc3N2C)C1. The van der Waals surface area contributed by atoms with Gasteiger partial charge in [0.2, 0.25) is 0 Å². The quantitative estimate of drug-likeness (QED) is 0.308. The lowest BCUT2D eigenvalue weighted by Crippen LogP contribution is -2.64. The minimum Gasteiger partial charge on any atom is -0.387 e. The molecule has 2 saturated carbocycles. The fourth-order valence-electron chi connectivity index (χ4n) is 8.92. The zero-order chi connectivity index (χ0) is 29.3. The predicted octanol–water partition coefficient (Wildman–Crippen LogP) is 1.36. The molecule has 0 radical (unpaired) electrons. The van der Waals surface area contributed by atoms with Crippen LogP contribution in [0.1, 0.15) is 63.9 Å². The van der Waals surface area contributed by atoms with Crippen LogP contribution in [0.5, 0.6) is 0 Å². The first kappa shape index (κ1) is 29.2. The van der Waals surface area contributed by atoms with E-state index in [0.29, 0.717) is 30.8 Å². The Bertz CT molecular complexity index is 1130. The summed E-state index contributed by atoms with van der Waals surface area (Å²) >= 11 is 0. The Hall–Kier alpha value is -1.50. The van der Waals surface area contributed by atoms with Gasteiger partial charge in [0.05, 0.1) is 23.7 Å². The summed E-state index contributed by atoms with van der Waals surface area (Å²) in [7, 11) is 6.66. The van der Waals surface area contributed by atoms with Gasteiger partial charge in [-0.15, -0.1) is 0 Å². The van der Waals surface area contributed by atoms with Crippen molar-refractivity contribution in [2.45, 2.75) is 113 Å². The molecule has 5 fully saturated rings. The maximum atomic E-state index is 10.9. The third-order valence-electron chi connectivity index (χ3n) is 12.2. The number of rotatable bonds is 8. The number of nitrogens with one attached hydrogen (secondary N) is 2. The van der Waals surface area contributed by atoms with Gasteiger partial charge in [-0.2, -0.15) is 0 Å². The van der Waals surface area contributed by atoms with Gasteiger partial charge in [0.25, 0.3) is 0 Å². The highest BCUT2D eigenvalue weighted by atomic mass is 16.6. The molecule has 4 heterocycles. The Morgan fingerprint density at radius 1 is 1.07 bits per heavy atom. The molecule has 0 bridgehead atoms. The molecule has 6 aliphatic rings. The number of aliphatic hydroxyl groups is 2. The Kier molecular flexibility index (Phi) is 7.75. The first-order chi connectivity index (χ1) is 20.1. The average molecular weight is 584 g/mol. The summed E-state index contributed by atoms with van der Waals surface area (Å²) in [5, 5.41) is 28.6. The first-order valence-electron chi connectivity index (χ1n) is 16.4. The van der Waals surface area contributed by atoms with Crippen LogP contribution < -0.4 is 26.2 Å². The molecule has 4 unspecified atom stereocenters. The minimum atomic E-state index is -0.915. The van der Waals surface area contributed by atoms with Crippen LogP contribution in [0, 0.1) is 11.8 Å². The second-order valence-electron chi connectivity index (χ2n) is 14.6. The van der Waals surface area contributed by atoms with E-state index in [1.807, 2.05) is 0 Å². The van der Waals surface area contributed by atoms with Crippen molar-refractivity contribution in [2.75, 3.05) is 50.7 Å². The number of hydrogen-bond donors (Lipinski definition) is 5. The van der Waals surface area contributed by atoms with Crippen LogP contribution >= 0.6 is 0 Å². The monoisotopic (exact) mass is 583 g/mol. The lowest BCUT2D eigenvalue weighted by atomic mass is 9.66. The van der Waals surface area contributed by atoms with Crippen molar-refractivity contribution in [3.8, 4) is 0 Å². The Labute approximate surface area is 251 Å². The topological polar surface area (TPSA) is 113 Å². The third-order valence-corrected chi connectivity index (χ3v) is 12.2. The van der Waals surface area contributed by atoms with E-state index in [2.05, 4.69) is 76.5 Å². The molecule has 4 aliphatic heterocycles. The normalized spacial score (nSPS) is 41.1. The summed E-state index contributed by atoms with van der Waals surface area (Å²) in [6.07, 6.45) is 7.41. The molecule has 42 heavy (non-hydrogen) atoms. The number of ether oxygens (including phenoxy) is 1. The lowest BCUT2D eigenvalue weighted by Gasteiger charge is -2.43. The smallest absolute Gasteiger partial charge is 0.141 e. The van der Waals surface area contributed by atoms with E-state index in [0.717, 1.165) is 18.9 Å². The summed E-state index contributed by atoms with van der Waals surface area (Å²) < 4.78 is 6.35. The number of nitrogens with two attached hydrogens (primary N) is 1. The third kappa shape index (κ3) is 4.86. The van der Waals surface area contributed by atoms with Crippen LogP contribution in [0.25, 0.3) is 0 Å². The number of benzene rings is 1.